The van der Waals surface area contributed by atoms with E-state index >= 15 is 0 Å². The molecule has 0 radical (unpaired) electrons. The molecule has 1 aliphatic rings. The minimum absolute atomic E-state index is 0.0128. The van der Waals surface area contributed by atoms with Crippen molar-refractivity contribution in [2.24, 2.45) is 5.73 Å². The van der Waals surface area contributed by atoms with Gasteiger partial charge in [0.1, 0.15) is 6.04 Å². The van der Waals surface area contributed by atoms with E-state index in [-0.39, 0.29) is 5.91 Å². The summed E-state index contributed by atoms with van der Waals surface area (Å²) in [5.41, 5.74) is 9.43. The lowest BCUT2D eigenvalue weighted by molar-refractivity contribution is -0.133. The van der Waals surface area contributed by atoms with Crippen LogP contribution in [0.3, 0.4) is 0 Å². The van der Waals surface area contributed by atoms with Gasteiger partial charge in [-0.15, -0.1) is 0 Å². The second-order valence-corrected chi connectivity index (χ2v) is 5.17. The van der Waals surface area contributed by atoms with Gasteiger partial charge >= 0.3 is 0 Å². The van der Waals surface area contributed by atoms with Crippen LogP contribution >= 0.6 is 0 Å². The number of hydrogen-bond donors (Lipinski definition) is 1. The maximum atomic E-state index is 12.5. The van der Waals surface area contributed by atoms with Crippen molar-refractivity contribution in [1.82, 2.24) is 4.90 Å². The Bertz CT molecular complexity index is 609. The normalized spacial score (nSPS) is 18.6. The third-order valence-corrected chi connectivity index (χ3v) is 3.84. The van der Waals surface area contributed by atoms with Gasteiger partial charge in [-0.05, 0) is 23.1 Å². The molecule has 3 heteroatoms. The number of fused-ring (bicyclic) bond motifs is 1. The molecule has 102 valence electrons. The van der Waals surface area contributed by atoms with Crippen LogP contribution in [0.15, 0.2) is 54.6 Å². The maximum Gasteiger partial charge on any atom is 0.244 e. The summed E-state index contributed by atoms with van der Waals surface area (Å²) in [5, 5.41) is 0. The van der Waals surface area contributed by atoms with Crippen molar-refractivity contribution in [3.63, 3.8) is 0 Å². The Labute approximate surface area is 119 Å². The van der Waals surface area contributed by atoms with E-state index in [1.54, 1.807) is 0 Å². The molecule has 1 amide bonds. The van der Waals surface area contributed by atoms with Crippen molar-refractivity contribution in [2.75, 3.05) is 6.54 Å². The summed E-state index contributed by atoms with van der Waals surface area (Å²) >= 11 is 0. The number of carbonyl (C=O) groups is 1. The molecular weight excluding hydrogens is 248 g/mol. The second-order valence-electron chi connectivity index (χ2n) is 5.17. The average Bonchev–Trinajstić information content (AvgIpc) is 2.61. The smallest absolute Gasteiger partial charge is 0.244 e. The third-order valence-electron chi connectivity index (χ3n) is 3.84. The standard InChI is InChI=1S/C17H18N2O/c18-16-15-9-5-4-8-14(15)10-11-19(17(16)20)12-13-6-2-1-3-7-13/h1-9,16H,10-12,18H2/t16-/m0/s1. The van der Waals surface area contributed by atoms with Gasteiger partial charge in [0.25, 0.3) is 0 Å². The predicted octanol–water partition coefficient (Wildman–Crippen LogP) is 2.27. The van der Waals surface area contributed by atoms with Gasteiger partial charge in [-0.25, -0.2) is 0 Å². The van der Waals surface area contributed by atoms with E-state index < -0.39 is 6.04 Å². The fourth-order valence-corrected chi connectivity index (χ4v) is 2.72. The first kappa shape index (κ1) is 12.9. The van der Waals surface area contributed by atoms with E-state index in [0.29, 0.717) is 6.54 Å². The van der Waals surface area contributed by atoms with Gasteiger partial charge in [-0.3, -0.25) is 4.79 Å². The molecule has 0 aromatic heterocycles. The molecule has 1 aliphatic heterocycles. The van der Waals surface area contributed by atoms with Crippen LogP contribution in [-0.2, 0) is 17.8 Å². The minimum Gasteiger partial charge on any atom is -0.336 e. The van der Waals surface area contributed by atoms with Crippen molar-refractivity contribution < 1.29 is 4.79 Å². The molecule has 0 saturated heterocycles. The van der Waals surface area contributed by atoms with Gasteiger partial charge in [-0.2, -0.15) is 0 Å². The first-order valence-corrected chi connectivity index (χ1v) is 6.92. The van der Waals surface area contributed by atoms with Gasteiger partial charge in [0, 0.05) is 13.1 Å². The fraction of sp³-hybridized carbons (Fsp3) is 0.235. The molecule has 0 saturated carbocycles. The van der Waals surface area contributed by atoms with Gasteiger partial charge in [0.05, 0.1) is 0 Å². The maximum absolute atomic E-state index is 12.5. The Morgan fingerprint density at radius 3 is 2.55 bits per heavy atom. The first-order valence-electron chi connectivity index (χ1n) is 6.92. The monoisotopic (exact) mass is 266 g/mol. The van der Waals surface area contributed by atoms with Gasteiger partial charge < -0.3 is 10.6 Å². The van der Waals surface area contributed by atoms with Gasteiger partial charge in [0.2, 0.25) is 5.91 Å². The van der Waals surface area contributed by atoms with Gasteiger partial charge in [-0.1, -0.05) is 54.6 Å². The number of hydrogen-bond acceptors (Lipinski definition) is 2. The molecule has 20 heavy (non-hydrogen) atoms. The third kappa shape index (κ3) is 2.45. The Hall–Kier alpha value is -2.13. The number of rotatable bonds is 2. The molecule has 1 atom stereocenters. The topological polar surface area (TPSA) is 46.3 Å². The Kier molecular flexibility index (Phi) is 3.52. The summed E-state index contributed by atoms with van der Waals surface area (Å²) < 4.78 is 0. The highest BCUT2D eigenvalue weighted by atomic mass is 16.2. The van der Waals surface area contributed by atoms with Crippen LogP contribution in [0.5, 0.6) is 0 Å². The fourth-order valence-electron chi connectivity index (χ4n) is 2.72. The SMILES string of the molecule is N[C@@H]1C(=O)N(Cc2ccccc2)CCc2ccccc21. The lowest BCUT2D eigenvalue weighted by Gasteiger charge is -2.23. The highest BCUT2D eigenvalue weighted by Crippen LogP contribution is 2.23. The molecule has 2 aromatic rings. The molecule has 0 bridgehead atoms. The van der Waals surface area contributed by atoms with Crippen molar-refractivity contribution in [3.05, 3.63) is 71.3 Å². The second kappa shape index (κ2) is 5.47. The number of carbonyl (C=O) groups excluding carboxylic acids is 1. The van der Waals surface area contributed by atoms with Crippen LogP contribution < -0.4 is 5.73 Å². The van der Waals surface area contributed by atoms with E-state index in [1.165, 1.54) is 5.56 Å². The summed E-state index contributed by atoms with van der Waals surface area (Å²) in [7, 11) is 0. The van der Waals surface area contributed by atoms with Crippen LogP contribution in [0, 0.1) is 0 Å². The summed E-state index contributed by atoms with van der Waals surface area (Å²) in [6, 6.07) is 17.5. The molecule has 2 aromatic carbocycles. The van der Waals surface area contributed by atoms with Crippen molar-refractivity contribution in [3.8, 4) is 0 Å². The minimum atomic E-state index is -0.544. The van der Waals surface area contributed by atoms with Crippen LogP contribution in [0.4, 0.5) is 0 Å². The van der Waals surface area contributed by atoms with E-state index in [1.807, 2.05) is 53.4 Å². The van der Waals surface area contributed by atoms with E-state index in [2.05, 4.69) is 6.07 Å². The number of amides is 1. The Morgan fingerprint density at radius 2 is 1.75 bits per heavy atom. The van der Waals surface area contributed by atoms with Crippen LogP contribution in [0.25, 0.3) is 0 Å². The predicted molar refractivity (Wildman–Crippen MR) is 78.9 cm³/mol. The molecular formula is C17H18N2O. The van der Waals surface area contributed by atoms with Crippen molar-refractivity contribution >= 4 is 5.91 Å². The van der Waals surface area contributed by atoms with Crippen LogP contribution in [0.2, 0.25) is 0 Å². The van der Waals surface area contributed by atoms with Gasteiger partial charge in [0.15, 0.2) is 0 Å². The summed E-state index contributed by atoms with van der Waals surface area (Å²) in [6.45, 7) is 1.35. The first-order chi connectivity index (χ1) is 9.75. The lowest BCUT2D eigenvalue weighted by Crippen LogP contribution is -2.37. The summed E-state index contributed by atoms with van der Waals surface area (Å²) in [5.74, 6) is 0.0128. The Morgan fingerprint density at radius 1 is 1.05 bits per heavy atom. The van der Waals surface area contributed by atoms with E-state index in [0.717, 1.165) is 24.1 Å². The molecule has 0 unspecified atom stereocenters. The largest absolute Gasteiger partial charge is 0.336 e. The molecule has 3 rings (SSSR count). The number of benzene rings is 2. The Balaban J connectivity index is 1.84. The molecule has 3 nitrogen and oxygen atoms in total. The number of nitrogens with two attached hydrogens (primary N) is 1. The molecule has 1 heterocycles. The van der Waals surface area contributed by atoms with E-state index in [4.69, 9.17) is 5.73 Å². The highest BCUT2D eigenvalue weighted by molar-refractivity contribution is 5.84. The van der Waals surface area contributed by atoms with Crippen molar-refractivity contribution in [1.29, 1.82) is 0 Å². The van der Waals surface area contributed by atoms with E-state index in [9.17, 15) is 4.79 Å². The lowest BCUT2D eigenvalue weighted by atomic mass is 10.00. The molecule has 2 N–H and O–H groups in total. The molecule has 0 fully saturated rings. The summed E-state index contributed by atoms with van der Waals surface area (Å²) in [4.78, 5) is 14.4. The van der Waals surface area contributed by atoms with Crippen LogP contribution in [0.1, 0.15) is 22.7 Å². The number of nitrogens with zero attached hydrogens (tertiary/aromatic N) is 1. The zero-order chi connectivity index (χ0) is 13.9. The molecule has 0 aliphatic carbocycles. The average molecular weight is 266 g/mol. The quantitative estimate of drug-likeness (QED) is 0.906. The zero-order valence-electron chi connectivity index (χ0n) is 11.3. The highest BCUT2D eigenvalue weighted by Gasteiger charge is 2.27. The van der Waals surface area contributed by atoms with Crippen molar-refractivity contribution in [2.45, 2.75) is 19.0 Å². The zero-order valence-corrected chi connectivity index (χ0v) is 11.3. The molecule has 0 spiro atoms. The van der Waals surface area contributed by atoms with Crippen LogP contribution in [-0.4, -0.2) is 17.4 Å². The summed E-state index contributed by atoms with van der Waals surface area (Å²) in [6.07, 6.45) is 0.864.